The lowest BCUT2D eigenvalue weighted by atomic mass is 10.1. The predicted molar refractivity (Wildman–Crippen MR) is 98.3 cm³/mol. The van der Waals surface area contributed by atoms with Gasteiger partial charge in [-0.15, -0.1) is 0 Å². The van der Waals surface area contributed by atoms with E-state index in [-0.39, 0.29) is 22.9 Å². The molecule has 0 saturated carbocycles. The molecule has 0 aromatic heterocycles. The summed E-state index contributed by atoms with van der Waals surface area (Å²) in [6.07, 6.45) is 0.587. The Kier molecular flexibility index (Phi) is 4.56. The molecule has 5 nitrogen and oxygen atoms in total. The average molecular weight is 358 g/mol. The monoisotopic (exact) mass is 358 g/mol. The molecular weight excluding hydrogens is 336 g/mol. The highest BCUT2D eigenvalue weighted by Crippen LogP contribution is 2.37. The van der Waals surface area contributed by atoms with Gasteiger partial charge < -0.3 is 5.32 Å². The molecule has 1 heterocycles. The highest BCUT2D eigenvalue weighted by Gasteiger charge is 2.36. The number of nitrogens with one attached hydrogen (secondary N) is 1. The van der Waals surface area contributed by atoms with Crippen molar-refractivity contribution in [1.82, 2.24) is 5.32 Å². The zero-order valence-electron chi connectivity index (χ0n) is 14.6. The summed E-state index contributed by atoms with van der Waals surface area (Å²) in [5, 5.41) is 2.86. The van der Waals surface area contributed by atoms with Crippen molar-refractivity contribution in [2.24, 2.45) is 0 Å². The van der Waals surface area contributed by atoms with Crippen molar-refractivity contribution in [2.45, 2.75) is 44.2 Å². The number of nitrogens with zero attached hydrogens (tertiary/aromatic N) is 1. The number of carbonyl (C=O) groups is 1. The second kappa shape index (κ2) is 6.52. The molecule has 0 aliphatic carbocycles. The van der Waals surface area contributed by atoms with E-state index in [2.05, 4.69) is 5.32 Å². The maximum atomic E-state index is 13.0. The Morgan fingerprint density at radius 2 is 1.84 bits per heavy atom. The summed E-state index contributed by atoms with van der Waals surface area (Å²) in [7, 11) is -3.62. The third-order valence-corrected chi connectivity index (χ3v) is 6.16. The molecule has 0 bridgehead atoms. The number of fused-ring (bicyclic) bond motifs is 1. The summed E-state index contributed by atoms with van der Waals surface area (Å²) in [6.45, 7) is 5.69. The van der Waals surface area contributed by atoms with Crippen molar-refractivity contribution in [3.05, 3.63) is 59.7 Å². The third kappa shape index (κ3) is 3.26. The summed E-state index contributed by atoms with van der Waals surface area (Å²) in [6, 6.07) is 13.5. The molecular formula is C19H22N2O3S. The SMILES string of the molecule is CC(C)NC(=O)c1ccc2c(c1)C[C@@H](C)N2S(=O)(=O)c1ccccc1. The largest absolute Gasteiger partial charge is 0.350 e. The van der Waals surface area contributed by atoms with Gasteiger partial charge in [-0.2, -0.15) is 0 Å². The van der Waals surface area contributed by atoms with Crippen molar-refractivity contribution in [2.75, 3.05) is 4.31 Å². The van der Waals surface area contributed by atoms with Crippen LogP contribution in [-0.2, 0) is 16.4 Å². The van der Waals surface area contributed by atoms with Crippen LogP contribution in [0.2, 0.25) is 0 Å². The van der Waals surface area contributed by atoms with Gasteiger partial charge in [0.2, 0.25) is 0 Å². The van der Waals surface area contributed by atoms with E-state index in [4.69, 9.17) is 0 Å². The minimum Gasteiger partial charge on any atom is -0.350 e. The number of hydrogen-bond donors (Lipinski definition) is 1. The average Bonchev–Trinajstić information content (AvgIpc) is 2.90. The Hall–Kier alpha value is -2.34. The Labute approximate surface area is 148 Å². The Bertz CT molecular complexity index is 892. The first-order valence-electron chi connectivity index (χ1n) is 8.34. The molecule has 1 amide bonds. The van der Waals surface area contributed by atoms with Crippen LogP contribution in [-0.4, -0.2) is 26.4 Å². The number of amides is 1. The Balaban J connectivity index is 1.98. The first-order chi connectivity index (χ1) is 11.8. The third-order valence-electron chi connectivity index (χ3n) is 4.21. The number of benzene rings is 2. The Morgan fingerprint density at radius 1 is 1.16 bits per heavy atom. The highest BCUT2D eigenvalue weighted by atomic mass is 32.2. The summed E-state index contributed by atoms with van der Waals surface area (Å²) >= 11 is 0. The van der Waals surface area contributed by atoms with Crippen LogP contribution >= 0.6 is 0 Å². The topological polar surface area (TPSA) is 66.5 Å². The highest BCUT2D eigenvalue weighted by molar-refractivity contribution is 7.92. The van der Waals surface area contributed by atoms with Crippen LogP contribution in [0.1, 0.15) is 36.7 Å². The van der Waals surface area contributed by atoms with Gasteiger partial charge in [-0.3, -0.25) is 9.10 Å². The van der Waals surface area contributed by atoms with Gasteiger partial charge in [0.25, 0.3) is 15.9 Å². The molecule has 1 aliphatic heterocycles. The first kappa shape index (κ1) is 17.5. The van der Waals surface area contributed by atoms with Gasteiger partial charge in [-0.25, -0.2) is 8.42 Å². The Morgan fingerprint density at radius 3 is 2.48 bits per heavy atom. The second-order valence-corrected chi connectivity index (χ2v) is 8.45. The molecule has 1 atom stereocenters. The molecule has 0 spiro atoms. The number of carbonyl (C=O) groups excluding carboxylic acids is 1. The van der Waals surface area contributed by atoms with Gasteiger partial charge in [-0.1, -0.05) is 18.2 Å². The smallest absolute Gasteiger partial charge is 0.264 e. The van der Waals surface area contributed by atoms with E-state index in [1.54, 1.807) is 48.5 Å². The van der Waals surface area contributed by atoms with Crippen molar-refractivity contribution in [3.63, 3.8) is 0 Å². The number of sulfonamides is 1. The van der Waals surface area contributed by atoms with Crippen molar-refractivity contribution < 1.29 is 13.2 Å². The number of rotatable bonds is 4. The molecule has 2 aromatic carbocycles. The molecule has 132 valence electrons. The van der Waals surface area contributed by atoms with Gasteiger partial charge in [0.15, 0.2) is 0 Å². The van der Waals surface area contributed by atoms with Crippen molar-refractivity contribution in [3.8, 4) is 0 Å². The van der Waals surface area contributed by atoms with Crippen molar-refractivity contribution >= 4 is 21.6 Å². The molecule has 0 saturated heterocycles. The zero-order chi connectivity index (χ0) is 18.2. The standard InChI is InChI=1S/C19H22N2O3S/c1-13(2)20-19(22)15-9-10-18-16(12-15)11-14(3)21(18)25(23,24)17-7-5-4-6-8-17/h4-10,12-14H,11H2,1-3H3,(H,20,22)/t14-/m1/s1. The van der Waals surface area contributed by atoms with E-state index in [0.717, 1.165) is 5.56 Å². The van der Waals surface area contributed by atoms with Crippen LogP contribution in [0.3, 0.4) is 0 Å². The summed E-state index contributed by atoms with van der Waals surface area (Å²) < 4.78 is 27.5. The summed E-state index contributed by atoms with van der Waals surface area (Å²) in [5.74, 6) is -0.144. The lowest BCUT2D eigenvalue weighted by molar-refractivity contribution is 0.0943. The van der Waals surface area contributed by atoms with Crippen molar-refractivity contribution in [1.29, 1.82) is 0 Å². The summed E-state index contributed by atoms with van der Waals surface area (Å²) in [4.78, 5) is 12.5. The molecule has 1 aliphatic rings. The van der Waals surface area contributed by atoms with Crippen LogP contribution in [0.15, 0.2) is 53.4 Å². The van der Waals surface area contributed by atoms with E-state index < -0.39 is 10.0 Å². The normalized spacial score (nSPS) is 16.8. The fraction of sp³-hybridized carbons (Fsp3) is 0.316. The zero-order valence-corrected chi connectivity index (χ0v) is 15.4. The van der Waals surface area contributed by atoms with E-state index in [1.165, 1.54) is 4.31 Å². The number of anilines is 1. The van der Waals surface area contributed by atoms with Gasteiger partial charge in [0, 0.05) is 17.6 Å². The van der Waals surface area contributed by atoms with Crippen LogP contribution in [0.5, 0.6) is 0 Å². The van der Waals surface area contributed by atoms with E-state index >= 15 is 0 Å². The maximum Gasteiger partial charge on any atom is 0.264 e. The quantitative estimate of drug-likeness (QED) is 0.914. The molecule has 3 rings (SSSR count). The summed E-state index contributed by atoms with van der Waals surface area (Å²) in [5.41, 5.74) is 2.08. The molecule has 0 radical (unpaired) electrons. The molecule has 6 heteroatoms. The minimum absolute atomic E-state index is 0.0506. The van der Waals surface area contributed by atoms with Gasteiger partial charge in [0.05, 0.1) is 10.6 Å². The molecule has 2 aromatic rings. The fourth-order valence-corrected chi connectivity index (χ4v) is 4.88. The second-order valence-electron chi connectivity index (χ2n) is 6.64. The van der Waals surface area contributed by atoms with Gasteiger partial charge in [-0.05, 0) is 63.1 Å². The predicted octanol–water partition coefficient (Wildman–Crippen LogP) is 2.96. The minimum atomic E-state index is -3.62. The fourth-order valence-electron chi connectivity index (χ4n) is 3.16. The van der Waals surface area contributed by atoms with Crippen LogP contribution < -0.4 is 9.62 Å². The van der Waals surface area contributed by atoms with Crippen LogP contribution in [0, 0.1) is 0 Å². The van der Waals surface area contributed by atoms with Gasteiger partial charge in [0.1, 0.15) is 0 Å². The van der Waals surface area contributed by atoms with Crippen LogP contribution in [0.25, 0.3) is 0 Å². The van der Waals surface area contributed by atoms with E-state index in [9.17, 15) is 13.2 Å². The molecule has 0 fully saturated rings. The number of hydrogen-bond acceptors (Lipinski definition) is 3. The lowest BCUT2D eigenvalue weighted by Crippen LogP contribution is -2.35. The molecule has 1 N–H and O–H groups in total. The maximum absolute atomic E-state index is 13.0. The van der Waals surface area contributed by atoms with Gasteiger partial charge >= 0.3 is 0 Å². The lowest BCUT2D eigenvalue weighted by Gasteiger charge is -2.24. The van der Waals surface area contributed by atoms with E-state index in [0.29, 0.717) is 17.7 Å². The molecule has 25 heavy (non-hydrogen) atoms. The molecule has 0 unspecified atom stereocenters. The first-order valence-corrected chi connectivity index (χ1v) is 9.78. The van der Waals surface area contributed by atoms with Crippen LogP contribution in [0.4, 0.5) is 5.69 Å². The van der Waals surface area contributed by atoms with E-state index in [1.807, 2.05) is 20.8 Å².